The molecule has 0 atom stereocenters. The van der Waals surface area contributed by atoms with Gasteiger partial charge in [-0.05, 0) is 48.2 Å². The van der Waals surface area contributed by atoms with Crippen LogP contribution in [-0.4, -0.2) is 30.1 Å². The number of aryl methyl sites for hydroxylation is 2. The van der Waals surface area contributed by atoms with Gasteiger partial charge in [0, 0.05) is 29.6 Å². The average molecular weight is 467 g/mol. The summed E-state index contributed by atoms with van der Waals surface area (Å²) in [7, 11) is 1.32. The predicted molar refractivity (Wildman–Crippen MR) is 131 cm³/mol. The molecule has 0 bridgehead atoms. The first-order chi connectivity index (χ1) is 15.8. The van der Waals surface area contributed by atoms with Crippen LogP contribution in [0.15, 0.2) is 48.5 Å². The number of anilines is 3. The number of ether oxygens (including phenoxy) is 1. The molecule has 0 spiro atoms. The molecule has 6 N–H and O–H groups in total. The molecule has 2 amide bonds. The lowest BCUT2D eigenvalue weighted by Crippen LogP contribution is -2.20. The molecule has 0 aliphatic rings. The van der Waals surface area contributed by atoms with Crippen molar-refractivity contribution in [1.82, 2.24) is 4.98 Å². The number of hydrogen-bond donors (Lipinski definition) is 5. The fraction of sp³-hybridized carbons (Fsp3) is 0.217. The van der Waals surface area contributed by atoms with Gasteiger partial charge >= 0.3 is 6.09 Å². The van der Waals surface area contributed by atoms with Crippen molar-refractivity contribution in [2.24, 2.45) is 5.73 Å². The molecule has 172 valence electrons. The van der Waals surface area contributed by atoms with Gasteiger partial charge in [-0.25, -0.2) is 9.78 Å². The number of aromatic nitrogens is 1. The number of nitrogens with zero attached hydrogens (tertiary/aromatic N) is 1. The van der Waals surface area contributed by atoms with Gasteiger partial charge in [-0.2, -0.15) is 0 Å². The van der Waals surface area contributed by atoms with Crippen molar-refractivity contribution in [3.8, 4) is 0 Å². The van der Waals surface area contributed by atoms with Gasteiger partial charge < -0.3 is 21.1 Å². The fourth-order valence-electron chi connectivity index (χ4n) is 3.15. The quantitative estimate of drug-likeness (QED) is 0.251. The summed E-state index contributed by atoms with van der Waals surface area (Å²) in [5, 5.41) is 16.1. The first kappa shape index (κ1) is 23.7. The summed E-state index contributed by atoms with van der Waals surface area (Å²) in [6.45, 7) is 1.46. The molecular formula is C23H26N6O3S. The van der Waals surface area contributed by atoms with Gasteiger partial charge in [0.25, 0.3) is 0 Å². The number of thiazole rings is 1. The van der Waals surface area contributed by atoms with Crippen LogP contribution in [0, 0.1) is 5.41 Å². The van der Waals surface area contributed by atoms with Crippen LogP contribution in [0.5, 0.6) is 0 Å². The van der Waals surface area contributed by atoms with Crippen LogP contribution in [0.4, 0.5) is 21.3 Å². The van der Waals surface area contributed by atoms with E-state index in [1.54, 1.807) is 0 Å². The number of rotatable bonds is 8. The van der Waals surface area contributed by atoms with Crippen molar-refractivity contribution in [2.75, 3.05) is 23.1 Å². The number of hydrogen-bond acceptors (Lipinski definition) is 6. The maximum Gasteiger partial charge on any atom is 0.411 e. The first-order valence-electron chi connectivity index (χ1n) is 10.2. The predicted octanol–water partition coefficient (Wildman–Crippen LogP) is 3.96. The zero-order chi connectivity index (χ0) is 23.8. The van der Waals surface area contributed by atoms with E-state index in [0.29, 0.717) is 23.7 Å². The number of amides is 2. The summed E-state index contributed by atoms with van der Waals surface area (Å²) in [6.07, 6.45) is 1.63. The van der Waals surface area contributed by atoms with Crippen molar-refractivity contribution in [2.45, 2.75) is 26.2 Å². The van der Waals surface area contributed by atoms with Gasteiger partial charge in [-0.15, -0.1) is 11.3 Å². The van der Waals surface area contributed by atoms with Gasteiger partial charge in [0.05, 0.1) is 12.8 Å². The maximum absolute atomic E-state index is 11.5. The van der Waals surface area contributed by atoms with E-state index in [-0.39, 0.29) is 11.9 Å². The Balaban J connectivity index is 1.72. The number of methoxy groups -OCH3 is 1. The van der Waals surface area contributed by atoms with Crippen molar-refractivity contribution < 1.29 is 14.3 Å². The molecule has 0 saturated heterocycles. The zero-order valence-electron chi connectivity index (χ0n) is 18.4. The monoisotopic (exact) mass is 466 g/mol. The largest absolute Gasteiger partial charge is 0.453 e. The van der Waals surface area contributed by atoms with Gasteiger partial charge in [-0.3, -0.25) is 15.5 Å². The zero-order valence-corrected chi connectivity index (χ0v) is 19.2. The van der Waals surface area contributed by atoms with Gasteiger partial charge in [0.2, 0.25) is 5.91 Å². The third-order valence-corrected chi connectivity index (χ3v) is 5.71. The van der Waals surface area contributed by atoms with Gasteiger partial charge in [-0.1, -0.05) is 24.3 Å². The number of nitrogens with two attached hydrogens (primary N) is 1. The van der Waals surface area contributed by atoms with Crippen molar-refractivity contribution >= 4 is 45.8 Å². The maximum atomic E-state index is 11.5. The highest BCUT2D eigenvalue weighted by atomic mass is 32.1. The average Bonchev–Trinajstić information content (AvgIpc) is 3.14. The van der Waals surface area contributed by atoms with E-state index in [1.807, 2.05) is 48.5 Å². The number of guanidine groups is 1. The fourth-order valence-corrected chi connectivity index (χ4v) is 4.24. The summed E-state index contributed by atoms with van der Waals surface area (Å²) in [6, 6.07) is 15.2. The summed E-state index contributed by atoms with van der Waals surface area (Å²) in [5.74, 6) is -0.261. The van der Waals surface area contributed by atoms with Crippen LogP contribution in [-0.2, 0) is 28.8 Å². The van der Waals surface area contributed by atoms with Crippen LogP contribution in [0.1, 0.15) is 28.6 Å². The number of benzene rings is 2. The summed E-state index contributed by atoms with van der Waals surface area (Å²) < 4.78 is 4.61. The van der Waals surface area contributed by atoms with Crippen LogP contribution in [0.2, 0.25) is 0 Å². The minimum Gasteiger partial charge on any atom is -0.453 e. The molecule has 0 fully saturated rings. The van der Waals surface area contributed by atoms with E-state index >= 15 is 0 Å². The van der Waals surface area contributed by atoms with Crippen molar-refractivity contribution in [1.29, 1.82) is 5.41 Å². The molecular weight excluding hydrogens is 440 g/mol. The smallest absolute Gasteiger partial charge is 0.411 e. The number of carbonyl (C=O) groups is 2. The molecule has 1 aromatic heterocycles. The summed E-state index contributed by atoms with van der Waals surface area (Å²) >= 11 is 1.47. The molecule has 3 rings (SSSR count). The first-order valence-corrected chi connectivity index (χ1v) is 11.0. The highest BCUT2D eigenvalue weighted by Crippen LogP contribution is 2.27. The Hall–Kier alpha value is -3.92. The lowest BCUT2D eigenvalue weighted by molar-refractivity contribution is -0.114. The van der Waals surface area contributed by atoms with E-state index in [0.717, 1.165) is 33.8 Å². The van der Waals surface area contributed by atoms with E-state index in [9.17, 15) is 9.59 Å². The lowest BCUT2D eigenvalue weighted by Gasteiger charge is -2.07. The van der Waals surface area contributed by atoms with Crippen LogP contribution in [0.3, 0.4) is 0 Å². The molecule has 0 aliphatic carbocycles. The van der Waals surface area contributed by atoms with Crippen LogP contribution in [0.25, 0.3) is 0 Å². The summed E-state index contributed by atoms with van der Waals surface area (Å²) in [5.41, 5.74) is 9.90. The molecule has 9 nitrogen and oxygen atoms in total. The van der Waals surface area contributed by atoms with E-state index < -0.39 is 6.09 Å². The third kappa shape index (κ3) is 7.32. The number of nitrogens with one attached hydrogen (secondary N) is 4. The minimum atomic E-state index is -0.516. The molecule has 0 radical (unpaired) electrons. The SMILES string of the molecule is COC(=O)Nc1ccc(Cc2sc(NC(C)=O)nc2CCc2ccc(NC(=N)N)cc2)cc1. The Bertz CT molecular complexity index is 1130. The number of carbonyl (C=O) groups excluding carboxylic acids is 2. The molecule has 2 aromatic carbocycles. The van der Waals surface area contributed by atoms with Crippen molar-refractivity contribution in [3.63, 3.8) is 0 Å². The second kappa shape index (κ2) is 11.1. The van der Waals surface area contributed by atoms with Crippen LogP contribution >= 0.6 is 11.3 Å². The molecule has 0 unspecified atom stereocenters. The molecule has 10 heteroatoms. The molecule has 3 aromatic rings. The normalized spacial score (nSPS) is 10.4. The topological polar surface area (TPSA) is 142 Å². The van der Waals surface area contributed by atoms with Gasteiger partial charge in [0.15, 0.2) is 11.1 Å². The van der Waals surface area contributed by atoms with E-state index in [1.165, 1.54) is 25.4 Å². The Morgan fingerprint density at radius 3 is 2.15 bits per heavy atom. The lowest BCUT2D eigenvalue weighted by atomic mass is 10.0. The van der Waals surface area contributed by atoms with Gasteiger partial charge in [0.1, 0.15) is 0 Å². The third-order valence-electron chi connectivity index (χ3n) is 4.70. The second-order valence-corrected chi connectivity index (χ2v) is 8.38. The highest BCUT2D eigenvalue weighted by molar-refractivity contribution is 7.15. The standard InChI is InChI=1S/C23H26N6O3S/c1-14(30)26-22-29-19(12-7-15-3-8-17(9-4-15)27-21(24)25)20(33-22)13-16-5-10-18(11-6-16)28-23(31)32-2/h3-6,8-11H,7,12-13H2,1-2H3,(H,28,31)(H4,24,25,27)(H,26,29,30). The molecule has 1 heterocycles. The molecule has 0 saturated carbocycles. The Morgan fingerprint density at radius 1 is 0.970 bits per heavy atom. The summed E-state index contributed by atoms with van der Waals surface area (Å²) in [4.78, 5) is 28.6. The van der Waals surface area contributed by atoms with Crippen molar-refractivity contribution in [3.05, 3.63) is 70.2 Å². The van der Waals surface area contributed by atoms with E-state index in [2.05, 4.69) is 25.7 Å². The molecule has 33 heavy (non-hydrogen) atoms. The second-order valence-electron chi connectivity index (χ2n) is 7.30. The Morgan fingerprint density at radius 2 is 1.58 bits per heavy atom. The molecule has 0 aliphatic heterocycles. The highest BCUT2D eigenvalue weighted by Gasteiger charge is 2.13. The Kier molecular flexibility index (Phi) is 7.98. The Labute approximate surface area is 195 Å². The van der Waals surface area contributed by atoms with E-state index in [4.69, 9.17) is 11.1 Å². The minimum absolute atomic E-state index is 0.102. The van der Waals surface area contributed by atoms with Crippen LogP contribution < -0.4 is 21.7 Å².